The fourth-order valence-electron chi connectivity index (χ4n) is 5.27. The number of halogens is 3. The molecule has 3 saturated heterocycles. The fourth-order valence-corrected chi connectivity index (χ4v) is 5.27. The van der Waals surface area contributed by atoms with Crippen LogP contribution in [0.4, 0.5) is 24.8 Å². The summed E-state index contributed by atoms with van der Waals surface area (Å²) in [5.74, 6) is 1.28. The molecule has 3 aliphatic heterocycles. The van der Waals surface area contributed by atoms with Gasteiger partial charge in [0.1, 0.15) is 34.7 Å². The third-order valence-electron chi connectivity index (χ3n) is 7.16. The van der Waals surface area contributed by atoms with Crippen LogP contribution in [0.1, 0.15) is 36.1 Å². The molecule has 6 rings (SSSR count). The Kier molecular flexibility index (Phi) is 4.74. The first kappa shape index (κ1) is 21.5. The number of hydrogen-bond acceptors (Lipinski definition) is 8. The molecule has 1 atom stereocenters. The highest BCUT2D eigenvalue weighted by Gasteiger charge is 2.45. The molecular formula is C22H25F3N8O. The monoisotopic (exact) mass is 474 g/mol. The summed E-state index contributed by atoms with van der Waals surface area (Å²) < 4.78 is 47.0. The van der Waals surface area contributed by atoms with E-state index in [0.29, 0.717) is 32.1 Å². The molecule has 6 heterocycles. The van der Waals surface area contributed by atoms with Crippen molar-refractivity contribution in [1.29, 1.82) is 0 Å². The third kappa shape index (κ3) is 3.55. The summed E-state index contributed by atoms with van der Waals surface area (Å²) in [4.78, 5) is 21.6. The van der Waals surface area contributed by atoms with E-state index in [9.17, 15) is 13.2 Å². The van der Waals surface area contributed by atoms with Gasteiger partial charge in [0.05, 0.1) is 25.1 Å². The lowest BCUT2D eigenvalue weighted by molar-refractivity contribution is -0.141. The van der Waals surface area contributed by atoms with Crippen LogP contribution < -0.4 is 9.80 Å². The normalized spacial score (nSPS) is 23.4. The summed E-state index contributed by atoms with van der Waals surface area (Å²) in [6, 6.07) is 1.25. The lowest BCUT2D eigenvalue weighted by Crippen LogP contribution is -2.32. The van der Waals surface area contributed by atoms with Crippen molar-refractivity contribution in [3.63, 3.8) is 0 Å². The van der Waals surface area contributed by atoms with Crippen LogP contribution >= 0.6 is 0 Å². The highest BCUT2D eigenvalue weighted by atomic mass is 19.4. The second-order valence-corrected chi connectivity index (χ2v) is 9.62. The number of aromatic nitrogens is 6. The first-order chi connectivity index (χ1) is 16.2. The zero-order valence-electron chi connectivity index (χ0n) is 19.0. The number of aryl methyl sites for hydroxylation is 2. The predicted molar refractivity (Wildman–Crippen MR) is 118 cm³/mol. The van der Waals surface area contributed by atoms with Crippen molar-refractivity contribution in [1.82, 2.24) is 29.7 Å². The van der Waals surface area contributed by atoms with E-state index in [-0.39, 0.29) is 17.3 Å². The Bertz CT molecular complexity index is 1260. The summed E-state index contributed by atoms with van der Waals surface area (Å²) >= 11 is 0. The summed E-state index contributed by atoms with van der Waals surface area (Å²) in [6.45, 7) is 7.61. The molecule has 0 amide bonds. The maximum atomic E-state index is 13.2. The minimum atomic E-state index is -4.49. The van der Waals surface area contributed by atoms with Crippen LogP contribution in [-0.4, -0.2) is 69.1 Å². The first-order valence-corrected chi connectivity index (χ1v) is 11.4. The standard InChI is InChI=1S/C22H25F3N8O/c1-13-19-20(33(30-13)15-9-34-10-15)29-18(8-26-19)32-6-4-21(12-32)3-5-31(11-21)17-7-16(22(23,24)25)27-14(2)28-17/h7-8,15H,3-6,9-12H2,1-2H3. The number of alkyl halides is 3. The van der Waals surface area contributed by atoms with Crippen LogP contribution in [0, 0.1) is 19.3 Å². The van der Waals surface area contributed by atoms with Crippen LogP contribution in [-0.2, 0) is 10.9 Å². The second-order valence-electron chi connectivity index (χ2n) is 9.62. The third-order valence-corrected chi connectivity index (χ3v) is 7.16. The highest BCUT2D eigenvalue weighted by molar-refractivity contribution is 5.75. The van der Waals surface area contributed by atoms with Crippen molar-refractivity contribution in [3.8, 4) is 0 Å². The Morgan fingerprint density at radius 1 is 1.00 bits per heavy atom. The Morgan fingerprint density at radius 2 is 1.71 bits per heavy atom. The fraction of sp³-hybridized carbons (Fsp3) is 0.591. The molecule has 12 heteroatoms. The molecule has 0 saturated carbocycles. The average molecular weight is 474 g/mol. The molecule has 0 aliphatic carbocycles. The van der Waals surface area contributed by atoms with Gasteiger partial charge in [0.15, 0.2) is 5.65 Å². The zero-order valence-corrected chi connectivity index (χ0v) is 19.0. The minimum absolute atomic E-state index is 0.0220. The summed E-state index contributed by atoms with van der Waals surface area (Å²) in [7, 11) is 0. The van der Waals surface area contributed by atoms with Crippen molar-refractivity contribution in [2.24, 2.45) is 5.41 Å². The molecule has 0 bridgehead atoms. The Balaban J connectivity index is 1.22. The van der Waals surface area contributed by atoms with Gasteiger partial charge in [-0.1, -0.05) is 0 Å². The van der Waals surface area contributed by atoms with Gasteiger partial charge in [-0.05, 0) is 26.7 Å². The largest absolute Gasteiger partial charge is 0.433 e. The number of anilines is 2. The average Bonchev–Trinajstić information content (AvgIpc) is 3.45. The van der Waals surface area contributed by atoms with Crippen LogP contribution in [0.15, 0.2) is 12.3 Å². The van der Waals surface area contributed by atoms with Gasteiger partial charge in [-0.2, -0.15) is 18.3 Å². The van der Waals surface area contributed by atoms with E-state index in [1.807, 2.05) is 16.5 Å². The van der Waals surface area contributed by atoms with E-state index in [1.54, 1.807) is 6.20 Å². The van der Waals surface area contributed by atoms with Gasteiger partial charge < -0.3 is 14.5 Å². The van der Waals surface area contributed by atoms with Crippen LogP contribution in [0.2, 0.25) is 0 Å². The van der Waals surface area contributed by atoms with Crippen molar-refractivity contribution in [2.45, 2.75) is 38.9 Å². The summed E-state index contributed by atoms with van der Waals surface area (Å²) in [5.41, 5.74) is 1.51. The Labute approximate surface area is 194 Å². The molecule has 9 nitrogen and oxygen atoms in total. The van der Waals surface area contributed by atoms with Gasteiger partial charge in [0.2, 0.25) is 0 Å². The maximum absolute atomic E-state index is 13.2. The molecular weight excluding hydrogens is 449 g/mol. The van der Waals surface area contributed by atoms with Crippen molar-refractivity contribution < 1.29 is 17.9 Å². The summed E-state index contributed by atoms with van der Waals surface area (Å²) in [5, 5.41) is 4.62. The van der Waals surface area contributed by atoms with Gasteiger partial charge in [0.25, 0.3) is 0 Å². The number of ether oxygens (including phenoxy) is 1. The number of nitrogens with zero attached hydrogens (tertiary/aromatic N) is 8. The number of fused-ring (bicyclic) bond motifs is 1. The molecule has 0 radical (unpaired) electrons. The summed E-state index contributed by atoms with van der Waals surface area (Å²) in [6.07, 6.45) is -0.861. The topological polar surface area (TPSA) is 85.1 Å². The number of hydrogen-bond donors (Lipinski definition) is 0. The SMILES string of the molecule is Cc1nc(N2CCC3(CCN(c4cnc5c(C)nn(C6COC6)c5n4)C3)C2)cc(C(F)(F)F)n1. The minimum Gasteiger partial charge on any atom is -0.377 e. The second kappa shape index (κ2) is 7.49. The van der Waals surface area contributed by atoms with E-state index in [1.165, 1.54) is 6.92 Å². The van der Waals surface area contributed by atoms with Crippen molar-refractivity contribution in [3.05, 3.63) is 29.5 Å². The molecule has 34 heavy (non-hydrogen) atoms. The van der Waals surface area contributed by atoms with Gasteiger partial charge in [-0.3, -0.25) is 0 Å². The molecule has 3 aliphatic rings. The highest BCUT2D eigenvalue weighted by Crippen LogP contribution is 2.42. The van der Waals surface area contributed by atoms with E-state index >= 15 is 0 Å². The van der Waals surface area contributed by atoms with Crippen molar-refractivity contribution in [2.75, 3.05) is 49.2 Å². The molecule has 3 aromatic heterocycles. The zero-order chi connectivity index (χ0) is 23.7. The number of rotatable bonds is 3. The first-order valence-electron chi connectivity index (χ1n) is 11.4. The van der Waals surface area contributed by atoms with Crippen LogP contribution in [0.5, 0.6) is 0 Å². The van der Waals surface area contributed by atoms with Crippen LogP contribution in [0.3, 0.4) is 0 Å². The lowest BCUT2D eigenvalue weighted by Gasteiger charge is -2.27. The molecule has 0 aromatic carbocycles. The van der Waals surface area contributed by atoms with Crippen LogP contribution in [0.25, 0.3) is 11.2 Å². The molecule has 0 N–H and O–H groups in total. The predicted octanol–water partition coefficient (Wildman–Crippen LogP) is 2.93. The smallest absolute Gasteiger partial charge is 0.377 e. The molecule has 1 spiro atoms. The lowest BCUT2D eigenvalue weighted by atomic mass is 9.86. The van der Waals surface area contributed by atoms with E-state index in [0.717, 1.165) is 54.7 Å². The van der Waals surface area contributed by atoms with Gasteiger partial charge in [0, 0.05) is 37.7 Å². The molecule has 1 unspecified atom stereocenters. The Morgan fingerprint density at radius 3 is 2.35 bits per heavy atom. The van der Waals surface area contributed by atoms with E-state index in [2.05, 4.69) is 25.0 Å². The van der Waals surface area contributed by atoms with E-state index in [4.69, 9.17) is 9.72 Å². The van der Waals surface area contributed by atoms with Crippen molar-refractivity contribution >= 4 is 22.8 Å². The van der Waals surface area contributed by atoms with Gasteiger partial charge in [-0.25, -0.2) is 24.6 Å². The van der Waals surface area contributed by atoms with Gasteiger partial charge >= 0.3 is 6.18 Å². The van der Waals surface area contributed by atoms with E-state index < -0.39 is 11.9 Å². The molecule has 3 aromatic rings. The maximum Gasteiger partial charge on any atom is 0.433 e. The Hall–Kier alpha value is -3.02. The quantitative estimate of drug-likeness (QED) is 0.573. The molecule has 180 valence electrons. The van der Waals surface area contributed by atoms with Gasteiger partial charge in [-0.15, -0.1) is 0 Å². The molecule has 3 fully saturated rings.